The highest BCUT2D eigenvalue weighted by atomic mass is 32.2. The molecule has 0 bridgehead atoms. The summed E-state index contributed by atoms with van der Waals surface area (Å²) in [5.74, 6) is 0.392. The number of sulfonamides is 1. The molecule has 2 aromatic heterocycles. The van der Waals surface area contributed by atoms with E-state index in [0.29, 0.717) is 30.2 Å². The zero-order valence-electron chi connectivity index (χ0n) is 17.6. The number of aromatic nitrogens is 3. The first kappa shape index (κ1) is 22.6. The summed E-state index contributed by atoms with van der Waals surface area (Å²) in [7, 11) is -3.73. The standard InChI is InChI=1S/C23H23N5O4S/c29-22(19-2-1-12-24-14-19)15-25-13-11-17-3-7-20(8-4-17)28-33(30,31)21-9-5-18(6-10-21)23-26-16-32-27-23/h1-10,12,14,16,22,25,28-29H,11,13,15H2. The van der Waals surface area contributed by atoms with Crippen molar-refractivity contribution in [3.63, 3.8) is 0 Å². The number of nitrogens with one attached hydrogen (secondary N) is 2. The second-order valence-electron chi connectivity index (χ2n) is 7.34. The third-order valence-corrected chi connectivity index (χ3v) is 6.38. The van der Waals surface area contributed by atoms with Crippen molar-refractivity contribution in [1.29, 1.82) is 0 Å². The van der Waals surface area contributed by atoms with E-state index in [2.05, 4.69) is 25.2 Å². The Labute approximate surface area is 191 Å². The van der Waals surface area contributed by atoms with Crippen LogP contribution in [-0.4, -0.2) is 41.7 Å². The highest BCUT2D eigenvalue weighted by Crippen LogP contribution is 2.20. The number of aliphatic hydroxyl groups is 1. The van der Waals surface area contributed by atoms with E-state index < -0.39 is 16.1 Å². The van der Waals surface area contributed by atoms with E-state index in [1.807, 2.05) is 18.2 Å². The van der Waals surface area contributed by atoms with Crippen molar-refractivity contribution < 1.29 is 18.0 Å². The molecule has 2 heterocycles. The van der Waals surface area contributed by atoms with E-state index in [4.69, 9.17) is 4.52 Å². The van der Waals surface area contributed by atoms with Crippen LogP contribution in [0, 0.1) is 0 Å². The molecule has 0 radical (unpaired) electrons. The van der Waals surface area contributed by atoms with Crippen molar-refractivity contribution in [2.45, 2.75) is 17.4 Å². The summed E-state index contributed by atoms with van der Waals surface area (Å²) in [6.45, 7) is 1.10. The fraction of sp³-hybridized carbons (Fsp3) is 0.174. The van der Waals surface area contributed by atoms with Gasteiger partial charge in [-0.2, -0.15) is 4.98 Å². The van der Waals surface area contributed by atoms with Crippen LogP contribution in [0.4, 0.5) is 5.69 Å². The Morgan fingerprint density at radius 3 is 2.48 bits per heavy atom. The largest absolute Gasteiger partial charge is 0.387 e. The van der Waals surface area contributed by atoms with E-state index in [0.717, 1.165) is 17.5 Å². The number of nitrogens with zero attached hydrogens (tertiary/aromatic N) is 3. The average molecular weight is 466 g/mol. The Kier molecular flexibility index (Phi) is 7.08. The third-order valence-electron chi connectivity index (χ3n) is 4.99. The Morgan fingerprint density at radius 1 is 1.03 bits per heavy atom. The molecule has 1 atom stereocenters. The summed E-state index contributed by atoms with van der Waals surface area (Å²) in [6.07, 6.45) is 4.66. The molecule has 0 fully saturated rings. The Morgan fingerprint density at radius 2 is 1.82 bits per heavy atom. The van der Waals surface area contributed by atoms with E-state index in [9.17, 15) is 13.5 Å². The lowest BCUT2D eigenvalue weighted by Crippen LogP contribution is -2.23. The summed E-state index contributed by atoms with van der Waals surface area (Å²) in [4.78, 5) is 8.08. The molecule has 0 aliphatic carbocycles. The molecule has 0 aliphatic heterocycles. The topological polar surface area (TPSA) is 130 Å². The van der Waals surface area contributed by atoms with Crippen molar-refractivity contribution in [1.82, 2.24) is 20.4 Å². The smallest absolute Gasteiger partial charge is 0.261 e. The molecule has 0 spiro atoms. The summed E-state index contributed by atoms with van der Waals surface area (Å²) in [6, 6.07) is 17.1. The van der Waals surface area contributed by atoms with Crippen LogP contribution in [-0.2, 0) is 16.4 Å². The SMILES string of the molecule is O=S(=O)(Nc1ccc(CCNCC(O)c2cccnc2)cc1)c1ccc(-c2ncon2)cc1. The Bertz CT molecular complexity index is 1250. The second kappa shape index (κ2) is 10.3. The molecular formula is C23H23N5O4S. The van der Waals surface area contributed by atoms with E-state index in [1.54, 1.807) is 42.7 Å². The number of rotatable bonds is 10. The van der Waals surface area contributed by atoms with Crippen molar-refractivity contribution in [2.24, 2.45) is 0 Å². The van der Waals surface area contributed by atoms with Gasteiger partial charge in [-0.05, 0) is 61.0 Å². The number of aliphatic hydroxyl groups excluding tert-OH is 1. The number of hydrogen-bond donors (Lipinski definition) is 3. The lowest BCUT2D eigenvalue weighted by Gasteiger charge is -2.12. The predicted octanol–water partition coefficient (Wildman–Crippen LogP) is 2.80. The lowest BCUT2D eigenvalue weighted by molar-refractivity contribution is 0.174. The van der Waals surface area contributed by atoms with E-state index in [1.165, 1.54) is 18.5 Å². The van der Waals surface area contributed by atoms with Crippen molar-refractivity contribution >= 4 is 15.7 Å². The van der Waals surface area contributed by atoms with Gasteiger partial charge in [-0.3, -0.25) is 9.71 Å². The normalized spacial score (nSPS) is 12.4. The van der Waals surface area contributed by atoms with Gasteiger partial charge in [-0.25, -0.2) is 8.42 Å². The van der Waals surface area contributed by atoms with Crippen LogP contribution >= 0.6 is 0 Å². The van der Waals surface area contributed by atoms with Gasteiger partial charge in [0.1, 0.15) is 0 Å². The van der Waals surface area contributed by atoms with Gasteiger partial charge in [0.05, 0.1) is 11.0 Å². The van der Waals surface area contributed by atoms with Crippen molar-refractivity contribution in [3.8, 4) is 11.4 Å². The quantitative estimate of drug-likeness (QED) is 0.305. The average Bonchev–Trinajstić information content (AvgIpc) is 3.38. The van der Waals surface area contributed by atoms with Crippen LogP contribution in [0.5, 0.6) is 0 Å². The molecule has 0 amide bonds. The fourth-order valence-corrected chi connectivity index (χ4v) is 4.26. The first-order valence-corrected chi connectivity index (χ1v) is 11.8. The van der Waals surface area contributed by atoms with Crippen LogP contribution in [0.1, 0.15) is 17.2 Å². The molecule has 170 valence electrons. The van der Waals surface area contributed by atoms with Gasteiger partial charge in [-0.1, -0.05) is 23.4 Å². The molecule has 9 nitrogen and oxygen atoms in total. The Hall–Kier alpha value is -3.60. The minimum Gasteiger partial charge on any atom is -0.387 e. The van der Waals surface area contributed by atoms with Gasteiger partial charge in [0.15, 0.2) is 0 Å². The van der Waals surface area contributed by atoms with Crippen LogP contribution in [0.3, 0.4) is 0 Å². The first-order chi connectivity index (χ1) is 16.0. The molecule has 33 heavy (non-hydrogen) atoms. The van der Waals surface area contributed by atoms with E-state index in [-0.39, 0.29) is 4.90 Å². The molecule has 4 rings (SSSR count). The maximum Gasteiger partial charge on any atom is 0.261 e. The molecular weight excluding hydrogens is 442 g/mol. The first-order valence-electron chi connectivity index (χ1n) is 10.3. The van der Waals surface area contributed by atoms with Crippen LogP contribution in [0.2, 0.25) is 0 Å². The molecule has 0 saturated carbocycles. The van der Waals surface area contributed by atoms with Gasteiger partial charge in [0.2, 0.25) is 12.2 Å². The predicted molar refractivity (Wildman–Crippen MR) is 123 cm³/mol. The van der Waals surface area contributed by atoms with Gasteiger partial charge in [0, 0.05) is 35.8 Å². The number of benzene rings is 2. The lowest BCUT2D eigenvalue weighted by atomic mass is 10.1. The Balaban J connectivity index is 1.28. The molecule has 4 aromatic rings. The van der Waals surface area contributed by atoms with Gasteiger partial charge in [-0.15, -0.1) is 0 Å². The number of hydrogen-bond acceptors (Lipinski definition) is 8. The van der Waals surface area contributed by atoms with Crippen molar-refractivity contribution in [2.75, 3.05) is 17.8 Å². The minimum atomic E-state index is -3.73. The second-order valence-corrected chi connectivity index (χ2v) is 9.02. The summed E-state index contributed by atoms with van der Waals surface area (Å²) < 4.78 is 32.6. The van der Waals surface area contributed by atoms with Crippen molar-refractivity contribution in [3.05, 3.63) is 90.6 Å². The van der Waals surface area contributed by atoms with Gasteiger partial charge >= 0.3 is 0 Å². The minimum absolute atomic E-state index is 0.134. The third kappa shape index (κ3) is 6.01. The highest BCUT2D eigenvalue weighted by molar-refractivity contribution is 7.92. The van der Waals surface area contributed by atoms with Crippen LogP contribution in [0.15, 0.2) is 88.9 Å². The van der Waals surface area contributed by atoms with Gasteiger partial charge in [0.25, 0.3) is 10.0 Å². The molecule has 1 unspecified atom stereocenters. The zero-order valence-corrected chi connectivity index (χ0v) is 18.4. The molecule has 10 heteroatoms. The molecule has 0 saturated heterocycles. The molecule has 3 N–H and O–H groups in total. The summed E-state index contributed by atoms with van der Waals surface area (Å²) in [5, 5.41) is 17.1. The molecule has 2 aromatic carbocycles. The maximum absolute atomic E-state index is 12.7. The van der Waals surface area contributed by atoms with E-state index >= 15 is 0 Å². The monoisotopic (exact) mass is 465 g/mol. The number of pyridine rings is 1. The van der Waals surface area contributed by atoms with Crippen LogP contribution < -0.4 is 10.0 Å². The number of anilines is 1. The summed E-state index contributed by atoms with van der Waals surface area (Å²) >= 11 is 0. The maximum atomic E-state index is 12.7. The highest BCUT2D eigenvalue weighted by Gasteiger charge is 2.15. The molecule has 0 aliphatic rings. The van der Waals surface area contributed by atoms with Gasteiger partial charge < -0.3 is 14.9 Å². The van der Waals surface area contributed by atoms with Crippen LogP contribution in [0.25, 0.3) is 11.4 Å². The summed E-state index contributed by atoms with van der Waals surface area (Å²) in [5.41, 5.74) is 2.95. The fourth-order valence-electron chi connectivity index (χ4n) is 3.20. The zero-order chi connectivity index (χ0) is 23.1.